The Morgan fingerprint density at radius 1 is 1.53 bits per heavy atom. The molecule has 0 heterocycles. The number of carbonyl (C=O) groups is 3. The highest BCUT2D eigenvalue weighted by Crippen LogP contribution is 2.37. The highest BCUT2D eigenvalue weighted by Gasteiger charge is 2.47. The number of amides is 1. The van der Waals surface area contributed by atoms with Crippen molar-refractivity contribution in [2.24, 2.45) is 11.1 Å². The van der Waals surface area contributed by atoms with E-state index in [9.17, 15) is 14.4 Å². The van der Waals surface area contributed by atoms with Gasteiger partial charge in [-0.3, -0.25) is 14.4 Å². The molecule has 0 radical (unpaired) electrons. The molecular formula is C10H13NO4. The predicted octanol–water partition coefficient (Wildman–Crippen LogP) is -0.0597. The molecular weight excluding hydrogens is 198 g/mol. The Morgan fingerprint density at radius 3 is 2.60 bits per heavy atom. The molecule has 5 heteroatoms. The van der Waals surface area contributed by atoms with Crippen LogP contribution in [0.25, 0.3) is 0 Å². The van der Waals surface area contributed by atoms with Crippen molar-refractivity contribution in [2.75, 3.05) is 7.11 Å². The van der Waals surface area contributed by atoms with Gasteiger partial charge in [0, 0.05) is 12.5 Å². The number of primary amides is 1. The van der Waals surface area contributed by atoms with Crippen LogP contribution >= 0.6 is 0 Å². The molecule has 0 aromatic carbocycles. The molecule has 2 N–H and O–H groups in total. The first kappa shape index (κ1) is 11.4. The SMILES string of the molecule is COC(=O)C1(/C=C/C(N)=O)CCCC1=O. The molecule has 0 spiro atoms. The summed E-state index contributed by atoms with van der Waals surface area (Å²) < 4.78 is 4.58. The van der Waals surface area contributed by atoms with Crippen LogP contribution in [-0.4, -0.2) is 24.8 Å². The molecule has 5 nitrogen and oxygen atoms in total. The molecule has 1 aliphatic carbocycles. The molecule has 1 rings (SSSR count). The van der Waals surface area contributed by atoms with Gasteiger partial charge in [0.25, 0.3) is 0 Å². The quantitative estimate of drug-likeness (QED) is 0.402. The Hall–Kier alpha value is -1.65. The number of methoxy groups -OCH3 is 1. The largest absolute Gasteiger partial charge is 0.468 e. The van der Waals surface area contributed by atoms with Crippen LogP contribution in [0, 0.1) is 5.41 Å². The molecule has 82 valence electrons. The first-order valence-electron chi connectivity index (χ1n) is 4.63. The summed E-state index contributed by atoms with van der Waals surface area (Å²) >= 11 is 0. The Kier molecular flexibility index (Phi) is 3.24. The summed E-state index contributed by atoms with van der Waals surface area (Å²) in [7, 11) is 1.22. The molecule has 1 atom stereocenters. The van der Waals surface area contributed by atoms with Crippen molar-refractivity contribution in [3.63, 3.8) is 0 Å². The summed E-state index contributed by atoms with van der Waals surface area (Å²) in [6.07, 6.45) is 3.63. The van der Waals surface area contributed by atoms with Crippen LogP contribution < -0.4 is 5.73 Å². The van der Waals surface area contributed by atoms with Crippen molar-refractivity contribution in [1.82, 2.24) is 0 Å². The lowest BCUT2D eigenvalue weighted by Gasteiger charge is -2.19. The fourth-order valence-corrected chi connectivity index (χ4v) is 1.76. The summed E-state index contributed by atoms with van der Waals surface area (Å²) in [5, 5.41) is 0. The van der Waals surface area contributed by atoms with Gasteiger partial charge in [-0.25, -0.2) is 0 Å². The molecule has 1 fully saturated rings. The van der Waals surface area contributed by atoms with E-state index in [0.29, 0.717) is 19.3 Å². The molecule has 0 aromatic heterocycles. The number of esters is 1. The second-order valence-electron chi connectivity index (χ2n) is 3.48. The van der Waals surface area contributed by atoms with Crippen LogP contribution in [0.1, 0.15) is 19.3 Å². The average molecular weight is 211 g/mol. The topological polar surface area (TPSA) is 86.5 Å². The zero-order chi connectivity index (χ0) is 11.5. The number of rotatable bonds is 3. The lowest BCUT2D eigenvalue weighted by molar-refractivity contribution is -0.153. The minimum atomic E-state index is -1.29. The maximum atomic E-state index is 11.6. The number of hydrogen-bond acceptors (Lipinski definition) is 4. The maximum absolute atomic E-state index is 11.6. The van der Waals surface area contributed by atoms with Gasteiger partial charge >= 0.3 is 5.97 Å². The van der Waals surface area contributed by atoms with Gasteiger partial charge in [0.15, 0.2) is 5.78 Å². The minimum absolute atomic E-state index is 0.216. The Labute approximate surface area is 87.3 Å². The third-order valence-corrected chi connectivity index (χ3v) is 2.55. The predicted molar refractivity (Wildman–Crippen MR) is 51.6 cm³/mol. The van der Waals surface area contributed by atoms with E-state index in [0.717, 1.165) is 6.08 Å². The van der Waals surface area contributed by atoms with Gasteiger partial charge in [-0.15, -0.1) is 0 Å². The van der Waals surface area contributed by atoms with Crippen molar-refractivity contribution in [1.29, 1.82) is 0 Å². The fraction of sp³-hybridized carbons (Fsp3) is 0.500. The summed E-state index contributed by atoms with van der Waals surface area (Å²) in [6, 6.07) is 0. The maximum Gasteiger partial charge on any atom is 0.323 e. The van der Waals surface area contributed by atoms with E-state index < -0.39 is 17.3 Å². The number of nitrogens with two attached hydrogens (primary N) is 1. The minimum Gasteiger partial charge on any atom is -0.468 e. The zero-order valence-electron chi connectivity index (χ0n) is 8.49. The van der Waals surface area contributed by atoms with Crippen molar-refractivity contribution in [3.05, 3.63) is 12.2 Å². The third kappa shape index (κ3) is 2.06. The van der Waals surface area contributed by atoms with Gasteiger partial charge in [0.1, 0.15) is 5.41 Å². The normalized spacial score (nSPS) is 25.8. The zero-order valence-corrected chi connectivity index (χ0v) is 8.49. The molecule has 15 heavy (non-hydrogen) atoms. The lowest BCUT2D eigenvalue weighted by Crippen LogP contribution is -2.34. The molecule has 0 aliphatic heterocycles. The molecule has 1 amide bonds. The molecule has 0 aromatic rings. The third-order valence-electron chi connectivity index (χ3n) is 2.55. The second-order valence-corrected chi connectivity index (χ2v) is 3.48. The van der Waals surface area contributed by atoms with Gasteiger partial charge < -0.3 is 10.5 Å². The van der Waals surface area contributed by atoms with E-state index in [-0.39, 0.29) is 5.78 Å². The number of hydrogen-bond donors (Lipinski definition) is 1. The molecule has 1 saturated carbocycles. The van der Waals surface area contributed by atoms with E-state index in [1.54, 1.807) is 0 Å². The van der Waals surface area contributed by atoms with E-state index in [1.165, 1.54) is 13.2 Å². The van der Waals surface area contributed by atoms with E-state index in [4.69, 9.17) is 5.73 Å². The first-order valence-corrected chi connectivity index (χ1v) is 4.63. The summed E-state index contributed by atoms with van der Waals surface area (Å²) in [5.74, 6) is -1.52. The number of Topliss-reactive ketones (excluding diaryl/α,β-unsaturated/α-hetero) is 1. The summed E-state index contributed by atoms with van der Waals surface area (Å²) in [5.41, 5.74) is 3.64. The monoisotopic (exact) mass is 211 g/mol. The molecule has 1 unspecified atom stereocenters. The van der Waals surface area contributed by atoms with E-state index in [2.05, 4.69) is 4.74 Å². The van der Waals surface area contributed by atoms with Crippen molar-refractivity contribution < 1.29 is 19.1 Å². The van der Waals surface area contributed by atoms with Gasteiger partial charge in [0.05, 0.1) is 7.11 Å². The van der Waals surface area contributed by atoms with Crippen molar-refractivity contribution in [3.8, 4) is 0 Å². The van der Waals surface area contributed by atoms with E-state index in [1.807, 2.05) is 0 Å². The van der Waals surface area contributed by atoms with Gasteiger partial charge in [-0.05, 0) is 12.8 Å². The highest BCUT2D eigenvalue weighted by molar-refractivity contribution is 6.08. The van der Waals surface area contributed by atoms with Crippen LogP contribution in [0.15, 0.2) is 12.2 Å². The van der Waals surface area contributed by atoms with Gasteiger partial charge in [-0.2, -0.15) is 0 Å². The summed E-state index contributed by atoms with van der Waals surface area (Å²) in [4.78, 5) is 33.7. The van der Waals surface area contributed by atoms with Crippen molar-refractivity contribution in [2.45, 2.75) is 19.3 Å². The molecule has 0 saturated heterocycles. The number of carbonyl (C=O) groups excluding carboxylic acids is 3. The van der Waals surface area contributed by atoms with Gasteiger partial charge in [0.2, 0.25) is 5.91 Å². The molecule has 0 bridgehead atoms. The summed E-state index contributed by atoms with van der Waals surface area (Å²) in [6.45, 7) is 0. The number of ether oxygens (including phenoxy) is 1. The van der Waals surface area contributed by atoms with E-state index >= 15 is 0 Å². The Bertz CT molecular complexity index is 334. The van der Waals surface area contributed by atoms with Crippen LogP contribution in [0.2, 0.25) is 0 Å². The molecule has 1 aliphatic rings. The van der Waals surface area contributed by atoms with Gasteiger partial charge in [-0.1, -0.05) is 6.08 Å². The standard InChI is InChI=1S/C10H13NO4/c1-15-9(14)10(6-4-8(11)13)5-2-3-7(10)12/h4,6H,2-3,5H2,1H3,(H2,11,13)/b6-4+. The van der Waals surface area contributed by atoms with Crippen LogP contribution in [0.3, 0.4) is 0 Å². The second kappa shape index (κ2) is 4.25. The average Bonchev–Trinajstić information content (AvgIpc) is 2.57. The van der Waals surface area contributed by atoms with Crippen LogP contribution in [-0.2, 0) is 19.1 Å². The number of ketones is 1. The lowest BCUT2D eigenvalue weighted by atomic mass is 9.85. The Morgan fingerprint density at radius 2 is 2.20 bits per heavy atom. The van der Waals surface area contributed by atoms with Crippen LogP contribution in [0.5, 0.6) is 0 Å². The first-order chi connectivity index (χ1) is 7.03. The smallest absolute Gasteiger partial charge is 0.323 e. The Balaban J connectivity index is 3.02. The fourth-order valence-electron chi connectivity index (χ4n) is 1.76. The van der Waals surface area contributed by atoms with Crippen molar-refractivity contribution >= 4 is 17.7 Å². The van der Waals surface area contributed by atoms with Crippen LogP contribution in [0.4, 0.5) is 0 Å². The highest BCUT2D eigenvalue weighted by atomic mass is 16.5.